The van der Waals surface area contributed by atoms with Crippen molar-refractivity contribution in [1.29, 1.82) is 0 Å². The van der Waals surface area contributed by atoms with Crippen LogP contribution >= 0.6 is 0 Å². The summed E-state index contributed by atoms with van der Waals surface area (Å²) in [6.07, 6.45) is 2.13. The first-order valence-corrected chi connectivity index (χ1v) is 4.90. The summed E-state index contributed by atoms with van der Waals surface area (Å²) in [6.45, 7) is 1.90. The highest BCUT2D eigenvalue weighted by atomic mass is 16.3. The smallest absolute Gasteiger partial charge is 0.122 e. The lowest BCUT2D eigenvalue weighted by molar-refractivity contribution is -0.112. The van der Waals surface area contributed by atoms with Gasteiger partial charge in [-0.15, -0.1) is 0 Å². The molecule has 0 radical (unpaired) electrons. The summed E-state index contributed by atoms with van der Waals surface area (Å²) in [5, 5.41) is 10.0. The SMILES string of the molecule is CCC(O)(CC=O)Cc1ccccc1. The molecule has 1 rings (SSSR count). The van der Waals surface area contributed by atoms with Crippen molar-refractivity contribution < 1.29 is 9.90 Å². The van der Waals surface area contributed by atoms with Crippen molar-refractivity contribution in [2.45, 2.75) is 31.8 Å². The fraction of sp³-hybridized carbons (Fsp3) is 0.417. The molecule has 0 aromatic heterocycles. The molecule has 0 aliphatic rings. The molecule has 0 aliphatic heterocycles. The van der Waals surface area contributed by atoms with Crippen LogP contribution < -0.4 is 0 Å². The summed E-state index contributed by atoms with van der Waals surface area (Å²) in [7, 11) is 0. The van der Waals surface area contributed by atoms with Crippen LogP contribution in [0.3, 0.4) is 0 Å². The molecule has 0 saturated carbocycles. The molecule has 1 aromatic carbocycles. The van der Waals surface area contributed by atoms with Crippen molar-refractivity contribution in [3.05, 3.63) is 35.9 Å². The standard InChI is InChI=1S/C12H16O2/c1-2-12(14,8-9-13)10-11-6-4-3-5-7-11/h3-7,9,14H,2,8,10H2,1H3. The van der Waals surface area contributed by atoms with Crippen molar-refractivity contribution in [2.24, 2.45) is 0 Å². The molecular formula is C12H16O2. The molecule has 1 unspecified atom stereocenters. The van der Waals surface area contributed by atoms with Gasteiger partial charge in [0.25, 0.3) is 0 Å². The Kier molecular flexibility index (Phi) is 3.84. The number of aldehydes is 1. The van der Waals surface area contributed by atoms with Gasteiger partial charge in [-0.25, -0.2) is 0 Å². The second-order valence-electron chi connectivity index (χ2n) is 3.61. The van der Waals surface area contributed by atoms with Gasteiger partial charge in [0.1, 0.15) is 6.29 Å². The topological polar surface area (TPSA) is 37.3 Å². The lowest BCUT2D eigenvalue weighted by atomic mass is 9.89. The second kappa shape index (κ2) is 4.91. The van der Waals surface area contributed by atoms with Gasteiger partial charge in [0, 0.05) is 12.8 Å². The average Bonchev–Trinajstić information content (AvgIpc) is 2.20. The van der Waals surface area contributed by atoms with Crippen LogP contribution in [-0.2, 0) is 11.2 Å². The first-order chi connectivity index (χ1) is 6.70. The van der Waals surface area contributed by atoms with Gasteiger partial charge in [-0.1, -0.05) is 37.3 Å². The van der Waals surface area contributed by atoms with Gasteiger partial charge in [-0.2, -0.15) is 0 Å². The summed E-state index contributed by atoms with van der Waals surface area (Å²) in [4.78, 5) is 10.4. The molecule has 0 heterocycles. The van der Waals surface area contributed by atoms with Gasteiger partial charge in [-0.3, -0.25) is 0 Å². The van der Waals surface area contributed by atoms with Crippen molar-refractivity contribution in [1.82, 2.24) is 0 Å². The highest BCUT2D eigenvalue weighted by Gasteiger charge is 2.24. The summed E-state index contributed by atoms with van der Waals surface area (Å²) >= 11 is 0. The molecule has 0 saturated heterocycles. The minimum atomic E-state index is -0.872. The van der Waals surface area contributed by atoms with Gasteiger partial charge >= 0.3 is 0 Å². The number of benzene rings is 1. The normalized spacial score (nSPS) is 14.7. The molecule has 0 amide bonds. The minimum absolute atomic E-state index is 0.207. The van der Waals surface area contributed by atoms with Crippen LogP contribution in [0.15, 0.2) is 30.3 Å². The highest BCUT2D eigenvalue weighted by Crippen LogP contribution is 2.19. The van der Waals surface area contributed by atoms with Crippen molar-refractivity contribution in [2.75, 3.05) is 0 Å². The molecule has 0 fully saturated rings. The summed E-state index contributed by atoms with van der Waals surface area (Å²) in [5.74, 6) is 0. The Labute approximate surface area is 84.6 Å². The van der Waals surface area contributed by atoms with Gasteiger partial charge in [0.2, 0.25) is 0 Å². The molecule has 1 N–H and O–H groups in total. The maximum absolute atomic E-state index is 10.4. The number of carbonyl (C=O) groups excluding carboxylic acids is 1. The first kappa shape index (κ1) is 10.9. The third-order valence-corrected chi connectivity index (χ3v) is 2.50. The number of carbonyl (C=O) groups is 1. The maximum Gasteiger partial charge on any atom is 0.122 e. The van der Waals surface area contributed by atoms with E-state index in [0.29, 0.717) is 12.8 Å². The fourth-order valence-corrected chi connectivity index (χ4v) is 1.47. The van der Waals surface area contributed by atoms with Crippen LogP contribution in [0.2, 0.25) is 0 Å². The number of rotatable bonds is 5. The first-order valence-electron chi connectivity index (χ1n) is 4.90. The van der Waals surface area contributed by atoms with Gasteiger partial charge in [-0.05, 0) is 12.0 Å². The van der Waals surface area contributed by atoms with Crippen LogP contribution in [0.4, 0.5) is 0 Å². The Morgan fingerprint density at radius 3 is 2.50 bits per heavy atom. The zero-order chi connectivity index (χ0) is 10.4. The summed E-state index contributed by atoms with van der Waals surface area (Å²) in [6, 6.07) is 9.74. The lowest BCUT2D eigenvalue weighted by Crippen LogP contribution is -2.30. The average molecular weight is 192 g/mol. The van der Waals surface area contributed by atoms with E-state index in [1.165, 1.54) is 0 Å². The highest BCUT2D eigenvalue weighted by molar-refractivity contribution is 5.51. The number of aliphatic hydroxyl groups is 1. The molecule has 1 atom stereocenters. The molecule has 0 aliphatic carbocycles. The molecular weight excluding hydrogens is 176 g/mol. The van der Waals surface area contributed by atoms with Crippen LogP contribution in [0, 0.1) is 0 Å². The fourth-order valence-electron chi connectivity index (χ4n) is 1.47. The van der Waals surface area contributed by atoms with E-state index in [1.807, 2.05) is 37.3 Å². The van der Waals surface area contributed by atoms with E-state index >= 15 is 0 Å². The van der Waals surface area contributed by atoms with Crippen LogP contribution in [-0.4, -0.2) is 17.0 Å². The van der Waals surface area contributed by atoms with Crippen LogP contribution in [0.25, 0.3) is 0 Å². The monoisotopic (exact) mass is 192 g/mol. The zero-order valence-electron chi connectivity index (χ0n) is 8.44. The molecule has 1 aromatic rings. The molecule has 0 spiro atoms. The van der Waals surface area contributed by atoms with E-state index in [4.69, 9.17) is 0 Å². The van der Waals surface area contributed by atoms with E-state index in [1.54, 1.807) is 0 Å². The molecule has 76 valence electrons. The predicted octanol–water partition coefficient (Wildman–Crippen LogP) is 1.96. The Morgan fingerprint density at radius 2 is 2.00 bits per heavy atom. The Hall–Kier alpha value is -1.15. The summed E-state index contributed by atoms with van der Waals surface area (Å²) < 4.78 is 0. The molecule has 2 heteroatoms. The minimum Gasteiger partial charge on any atom is -0.389 e. The predicted molar refractivity (Wildman–Crippen MR) is 56.1 cm³/mol. The molecule has 0 bridgehead atoms. The van der Waals surface area contributed by atoms with Crippen molar-refractivity contribution in [3.8, 4) is 0 Å². The van der Waals surface area contributed by atoms with E-state index in [-0.39, 0.29) is 6.42 Å². The van der Waals surface area contributed by atoms with E-state index < -0.39 is 5.60 Å². The third-order valence-electron chi connectivity index (χ3n) is 2.50. The Balaban J connectivity index is 2.70. The quantitative estimate of drug-likeness (QED) is 0.724. The van der Waals surface area contributed by atoms with E-state index in [2.05, 4.69) is 0 Å². The largest absolute Gasteiger partial charge is 0.389 e. The van der Waals surface area contributed by atoms with E-state index in [9.17, 15) is 9.90 Å². The Morgan fingerprint density at radius 1 is 1.36 bits per heavy atom. The van der Waals surface area contributed by atoms with Gasteiger partial charge in [0.15, 0.2) is 0 Å². The summed E-state index contributed by atoms with van der Waals surface area (Å²) in [5.41, 5.74) is 0.196. The third kappa shape index (κ3) is 2.96. The lowest BCUT2D eigenvalue weighted by Gasteiger charge is -2.24. The zero-order valence-corrected chi connectivity index (χ0v) is 8.44. The van der Waals surface area contributed by atoms with Gasteiger partial charge < -0.3 is 9.90 Å². The number of hydrogen-bond acceptors (Lipinski definition) is 2. The Bertz CT molecular complexity index is 282. The van der Waals surface area contributed by atoms with Crippen LogP contribution in [0.5, 0.6) is 0 Å². The maximum atomic E-state index is 10.4. The van der Waals surface area contributed by atoms with Crippen molar-refractivity contribution in [3.63, 3.8) is 0 Å². The number of hydrogen-bond donors (Lipinski definition) is 1. The van der Waals surface area contributed by atoms with Crippen LogP contribution in [0.1, 0.15) is 25.3 Å². The van der Waals surface area contributed by atoms with Crippen molar-refractivity contribution >= 4 is 6.29 Å². The molecule has 14 heavy (non-hydrogen) atoms. The molecule has 2 nitrogen and oxygen atoms in total. The van der Waals surface area contributed by atoms with E-state index in [0.717, 1.165) is 11.8 Å². The second-order valence-corrected chi connectivity index (χ2v) is 3.61. The van der Waals surface area contributed by atoms with Gasteiger partial charge in [0.05, 0.1) is 5.60 Å².